The highest BCUT2D eigenvalue weighted by molar-refractivity contribution is 5.89. The van der Waals surface area contributed by atoms with Crippen molar-refractivity contribution in [2.75, 3.05) is 6.61 Å². The Balaban J connectivity index is 1.39. The van der Waals surface area contributed by atoms with Crippen LogP contribution in [0.1, 0.15) is 29.2 Å². The molecule has 0 fully saturated rings. The van der Waals surface area contributed by atoms with E-state index in [1.54, 1.807) is 0 Å². The van der Waals surface area contributed by atoms with Crippen LogP contribution in [0.25, 0.3) is 11.1 Å². The zero-order valence-electron chi connectivity index (χ0n) is 17.0. The first-order chi connectivity index (χ1) is 15.5. The van der Waals surface area contributed by atoms with Crippen molar-refractivity contribution in [2.24, 2.45) is 0 Å². The maximum Gasteiger partial charge on any atom is 0.407 e. The van der Waals surface area contributed by atoms with Crippen molar-refractivity contribution in [3.63, 3.8) is 0 Å². The SMILES string of the molecule is O=C(O)CC(NC(=O)OCC1c2ccccc2-c2ccccc21)C(=O)NCc1cocn1. The van der Waals surface area contributed by atoms with E-state index in [0.29, 0.717) is 5.69 Å². The molecular formula is C23H21N3O6. The molecule has 1 aliphatic rings. The molecule has 164 valence electrons. The van der Waals surface area contributed by atoms with Gasteiger partial charge in [0.1, 0.15) is 18.9 Å². The minimum Gasteiger partial charge on any atom is -0.481 e. The molecule has 2 amide bonds. The third kappa shape index (κ3) is 4.61. The molecule has 0 aliphatic heterocycles. The summed E-state index contributed by atoms with van der Waals surface area (Å²) in [5.41, 5.74) is 4.75. The molecule has 3 N–H and O–H groups in total. The first kappa shape index (κ1) is 21.1. The Morgan fingerprint density at radius 2 is 1.72 bits per heavy atom. The van der Waals surface area contributed by atoms with Crippen molar-refractivity contribution in [1.29, 1.82) is 0 Å². The van der Waals surface area contributed by atoms with Crippen molar-refractivity contribution < 1.29 is 28.6 Å². The third-order valence-electron chi connectivity index (χ3n) is 5.26. The van der Waals surface area contributed by atoms with Crippen molar-refractivity contribution >= 4 is 18.0 Å². The highest BCUT2D eigenvalue weighted by atomic mass is 16.5. The van der Waals surface area contributed by atoms with Crippen molar-refractivity contribution in [3.05, 3.63) is 78.0 Å². The number of nitrogens with zero attached hydrogens (tertiary/aromatic N) is 1. The molecule has 9 nitrogen and oxygen atoms in total. The number of nitrogens with one attached hydrogen (secondary N) is 2. The molecule has 2 aromatic carbocycles. The van der Waals surface area contributed by atoms with Crippen LogP contribution in [0.15, 0.2) is 65.6 Å². The number of hydrogen-bond acceptors (Lipinski definition) is 6. The molecule has 1 heterocycles. The van der Waals surface area contributed by atoms with Crippen molar-refractivity contribution in [3.8, 4) is 11.1 Å². The van der Waals surface area contributed by atoms with Gasteiger partial charge < -0.3 is 24.9 Å². The Hall–Kier alpha value is -4.14. The highest BCUT2D eigenvalue weighted by Gasteiger charge is 2.30. The van der Waals surface area contributed by atoms with Crippen LogP contribution in [0.5, 0.6) is 0 Å². The number of amides is 2. The summed E-state index contributed by atoms with van der Waals surface area (Å²) in [5.74, 6) is -2.04. The number of carboxylic acids is 1. The van der Waals surface area contributed by atoms with E-state index in [-0.39, 0.29) is 19.1 Å². The maximum absolute atomic E-state index is 12.4. The van der Waals surface area contributed by atoms with Gasteiger partial charge in [0.2, 0.25) is 5.91 Å². The van der Waals surface area contributed by atoms with Crippen LogP contribution < -0.4 is 10.6 Å². The van der Waals surface area contributed by atoms with E-state index in [9.17, 15) is 14.4 Å². The highest BCUT2D eigenvalue weighted by Crippen LogP contribution is 2.44. The summed E-state index contributed by atoms with van der Waals surface area (Å²) in [5, 5.41) is 14.0. The van der Waals surface area contributed by atoms with Crippen LogP contribution in [0.4, 0.5) is 4.79 Å². The van der Waals surface area contributed by atoms with Crippen LogP contribution in [0, 0.1) is 0 Å². The summed E-state index contributed by atoms with van der Waals surface area (Å²) in [7, 11) is 0. The van der Waals surface area contributed by atoms with Gasteiger partial charge in [-0.2, -0.15) is 0 Å². The molecule has 0 saturated carbocycles. The van der Waals surface area contributed by atoms with Gasteiger partial charge >= 0.3 is 12.1 Å². The standard InChI is InChI=1S/C23H21N3O6/c27-21(28)9-20(22(29)24-10-14-11-31-13-25-14)26-23(30)32-12-19-17-7-3-1-5-15(17)16-6-2-4-8-18(16)19/h1-8,11,13,19-20H,9-10,12H2,(H,24,29)(H,26,30)(H,27,28). The van der Waals surface area contributed by atoms with Gasteiger partial charge in [0.15, 0.2) is 6.39 Å². The van der Waals surface area contributed by atoms with Crippen LogP contribution >= 0.6 is 0 Å². The average molecular weight is 435 g/mol. The zero-order valence-corrected chi connectivity index (χ0v) is 17.0. The number of hydrogen-bond donors (Lipinski definition) is 3. The fraction of sp³-hybridized carbons (Fsp3) is 0.217. The molecule has 0 spiro atoms. The molecule has 1 aliphatic carbocycles. The summed E-state index contributed by atoms with van der Waals surface area (Å²) in [6.45, 7) is 0.0953. The van der Waals surface area contributed by atoms with Crippen LogP contribution in [0.2, 0.25) is 0 Å². The molecule has 0 radical (unpaired) electrons. The molecule has 1 atom stereocenters. The van der Waals surface area contributed by atoms with Crippen molar-refractivity contribution in [2.45, 2.75) is 24.9 Å². The predicted octanol–water partition coefficient (Wildman–Crippen LogP) is 2.67. The molecule has 1 unspecified atom stereocenters. The van der Waals surface area contributed by atoms with E-state index in [1.165, 1.54) is 12.7 Å². The third-order valence-corrected chi connectivity index (χ3v) is 5.26. The zero-order chi connectivity index (χ0) is 22.5. The average Bonchev–Trinajstić information content (AvgIpc) is 3.41. The maximum atomic E-state index is 12.4. The Kier molecular flexibility index (Phi) is 6.16. The molecule has 32 heavy (non-hydrogen) atoms. The minimum atomic E-state index is -1.30. The number of aromatic nitrogens is 1. The summed E-state index contributed by atoms with van der Waals surface area (Å²) < 4.78 is 10.2. The van der Waals surface area contributed by atoms with Crippen LogP contribution in [-0.4, -0.2) is 40.7 Å². The Morgan fingerprint density at radius 1 is 1.06 bits per heavy atom. The second kappa shape index (κ2) is 9.34. The summed E-state index contributed by atoms with van der Waals surface area (Å²) >= 11 is 0. The van der Waals surface area contributed by atoms with Gasteiger partial charge in [0, 0.05) is 5.92 Å². The first-order valence-electron chi connectivity index (χ1n) is 10.0. The summed E-state index contributed by atoms with van der Waals surface area (Å²) in [6, 6.07) is 14.5. The monoisotopic (exact) mass is 435 g/mol. The fourth-order valence-corrected chi connectivity index (χ4v) is 3.79. The van der Waals surface area contributed by atoms with E-state index in [0.717, 1.165) is 22.3 Å². The number of ether oxygens (including phenoxy) is 1. The number of oxazole rings is 1. The molecular weight excluding hydrogens is 414 g/mol. The lowest BCUT2D eigenvalue weighted by molar-refractivity contribution is -0.139. The smallest absolute Gasteiger partial charge is 0.407 e. The molecule has 9 heteroatoms. The number of alkyl carbamates (subject to hydrolysis) is 1. The van der Waals surface area contributed by atoms with Gasteiger partial charge in [-0.25, -0.2) is 9.78 Å². The number of rotatable bonds is 8. The number of carbonyl (C=O) groups is 3. The van der Waals surface area contributed by atoms with Gasteiger partial charge in [-0.05, 0) is 22.3 Å². The second-order valence-corrected chi connectivity index (χ2v) is 7.32. The first-order valence-corrected chi connectivity index (χ1v) is 10.0. The van der Waals surface area contributed by atoms with E-state index in [4.69, 9.17) is 14.3 Å². The van der Waals surface area contributed by atoms with Gasteiger partial charge in [0.05, 0.1) is 18.7 Å². The van der Waals surface area contributed by atoms with E-state index >= 15 is 0 Å². The van der Waals surface area contributed by atoms with Gasteiger partial charge in [-0.15, -0.1) is 0 Å². The fourth-order valence-electron chi connectivity index (χ4n) is 3.79. The number of aliphatic carboxylic acids is 1. The van der Waals surface area contributed by atoms with Gasteiger partial charge in [0.25, 0.3) is 0 Å². The molecule has 0 saturated heterocycles. The lowest BCUT2D eigenvalue weighted by Crippen LogP contribution is -2.48. The Labute approximate surface area is 183 Å². The van der Waals surface area contributed by atoms with Gasteiger partial charge in [-0.1, -0.05) is 48.5 Å². The Bertz CT molecular complexity index is 1080. The number of fused-ring (bicyclic) bond motifs is 3. The summed E-state index contributed by atoms with van der Waals surface area (Å²) in [6.07, 6.45) is 1.11. The quantitative estimate of drug-likeness (QED) is 0.496. The van der Waals surface area contributed by atoms with Crippen LogP contribution in [0.3, 0.4) is 0 Å². The predicted molar refractivity (Wildman–Crippen MR) is 113 cm³/mol. The Morgan fingerprint density at radius 3 is 2.31 bits per heavy atom. The molecule has 1 aromatic heterocycles. The topological polar surface area (TPSA) is 131 Å². The van der Waals surface area contributed by atoms with E-state index < -0.39 is 30.4 Å². The number of carbonyl (C=O) groups excluding carboxylic acids is 2. The number of benzene rings is 2. The molecule has 3 aromatic rings. The van der Waals surface area contributed by atoms with Crippen molar-refractivity contribution in [1.82, 2.24) is 15.6 Å². The van der Waals surface area contributed by atoms with Gasteiger partial charge in [-0.3, -0.25) is 9.59 Å². The lowest BCUT2D eigenvalue weighted by atomic mass is 9.98. The second-order valence-electron chi connectivity index (χ2n) is 7.32. The van der Waals surface area contributed by atoms with E-state index in [1.807, 2.05) is 48.5 Å². The minimum absolute atomic E-state index is 0.0395. The normalized spacial score (nSPS) is 13.0. The number of carboxylic acid groups (broad SMARTS) is 1. The summed E-state index contributed by atoms with van der Waals surface area (Å²) in [4.78, 5) is 39.9. The van der Waals surface area contributed by atoms with E-state index in [2.05, 4.69) is 15.6 Å². The van der Waals surface area contributed by atoms with Crippen LogP contribution in [-0.2, 0) is 20.9 Å². The largest absolute Gasteiger partial charge is 0.481 e. The molecule has 4 rings (SSSR count). The lowest BCUT2D eigenvalue weighted by Gasteiger charge is -2.18. The molecule has 0 bridgehead atoms.